The predicted octanol–water partition coefficient (Wildman–Crippen LogP) is 5.10. The molecule has 0 aliphatic rings. The SMILES string of the molecule is Cc1ccc(NC(=O)CN(c2ccc(Cl)cc2C)S(=O)(=O)c2ccc(C)cc2)cc1. The quantitative estimate of drug-likeness (QED) is 0.577. The normalized spacial score (nSPS) is 11.2. The Kier molecular flexibility index (Phi) is 6.48. The molecular weight excluding hydrogens is 420 g/mol. The number of anilines is 2. The third kappa shape index (κ3) is 5.01. The Morgan fingerprint density at radius 2 is 1.47 bits per heavy atom. The summed E-state index contributed by atoms with van der Waals surface area (Å²) >= 11 is 6.05. The number of aryl methyl sites for hydroxylation is 3. The van der Waals surface area contributed by atoms with E-state index < -0.39 is 15.9 Å². The average Bonchev–Trinajstić information content (AvgIpc) is 2.69. The highest BCUT2D eigenvalue weighted by atomic mass is 35.5. The zero-order valence-corrected chi connectivity index (χ0v) is 18.6. The minimum atomic E-state index is -3.97. The lowest BCUT2D eigenvalue weighted by Crippen LogP contribution is -2.38. The van der Waals surface area contributed by atoms with Crippen LogP contribution >= 0.6 is 11.6 Å². The van der Waals surface area contributed by atoms with Crippen molar-refractivity contribution in [3.05, 3.63) is 88.4 Å². The van der Waals surface area contributed by atoms with Gasteiger partial charge in [-0.3, -0.25) is 9.10 Å². The van der Waals surface area contributed by atoms with Gasteiger partial charge >= 0.3 is 0 Å². The van der Waals surface area contributed by atoms with E-state index in [-0.39, 0.29) is 11.4 Å². The van der Waals surface area contributed by atoms with Gasteiger partial charge in [-0.25, -0.2) is 8.42 Å². The van der Waals surface area contributed by atoms with Gasteiger partial charge in [0.25, 0.3) is 10.0 Å². The molecule has 0 radical (unpaired) electrons. The van der Waals surface area contributed by atoms with Gasteiger partial charge in [-0.15, -0.1) is 0 Å². The lowest BCUT2D eigenvalue weighted by molar-refractivity contribution is -0.114. The molecule has 30 heavy (non-hydrogen) atoms. The van der Waals surface area contributed by atoms with Gasteiger partial charge in [-0.05, 0) is 68.8 Å². The van der Waals surface area contributed by atoms with Crippen molar-refractivity contribution in [1.29, 1.82) is 0 Å². The van der Waals surface area contributed by atoms with E-state index in [1.165, 1.54) is 0 Å². The van der Waals surface area contributed by atoms with Crippen molar-refractivity contribution in [2.45, 2.75) is 25.7 Å². The molecule has 3 aromatic rings. The molecule has 1 N–H and O–H groups in total. The topological polar surface area (TPSA) is 66.5 Å². The predicted molar refractivity (Wildman–Crippen MR) is 122 cm³/mol. The van der Waals surface area contributed by atoms with Gasteiger partial charge in [0.2, 0.25) is 5.91 Å². The van der Waals surface area contributed by atoms with Crippen LogP contribution in [0, 0.1) is 20.8 Å². The number of sulfonamides is 1. The number of nitrogens with one attached hydrogen (secondary N) is 1. The van der Waals surface area contributed by atoms with Gasteiger partial charge in [0.05, 0.1) is 10.6 Å². The van der Waals surface area contributed by atoms with Crippen LogP contribution in [0.3, 0.4) is 0 Å². The summed E-state index contributed by atoms with van der Waals surface area (Å²) in [6.45, 7) is 5.22. The highest BCUT2D eigenvalue weighted by Crippen LogP contribution is 2.29. The van der Waals surface area contributed by atoms with E-state index in [0.717, 1.165) is 15.4 Å². The lowest BCUT2D eigenvalue weighted by Gasteiger charge is -2.26. The average molecular weight is 443 g/mol. The number of benzene rings is 3. The first-order chi connectivity index (χ1) is 14.2. The van der Waals surface area contributed by atoms with Crippen LogP contribution in [0.25, 0.3) is 0 Å². The molecule has 3 rings (SSSR count). The van der Waals surface area contributed by atoms with E-state index >= 15 is 0 Å². The molecule has 0 aliphatic heterocycles. The summed E-state index contributed by atoms with van der Waals surface area (Å²) in [5.74, 6) is -0.441. The Morgan fingerprint density at radius 1 is 0.900 bits per heavy atom. The molecule has 156 valence electrons. The second kappa shape index (κ2) is 8.90. The van der Waals surface area contributed by atoms with Gasteiger partial charge in [-0.2, -0.15) is 0 Å². The summed E-state index contributed by atoms with van der Waals surface area (Å²) in [5, 5.41) is 3.26. The van der Waals surface area contributed by atoms with Crippen LogP contribution in [0.5, 0.6) is 0 Å². The van der Waals surface area contributed by atoms with Crippen LogP contribution < -0.4 is 9.62 Å². The summed E-state index contributed by atoms with van der Waals surface area (Å²) in [5.41, 5.74) is 3.67. The summed E-state index contributed by atoms with van der Waals surface area (Å²) in [7, 11) is -3.97. The van der Waals surface area contributed by atoms with E-state index in [2.05, 4.69) is 5.32 Å². The van der Waals surface area contributed by atoms with Crippen molar-refractivity contribution < 1.29 is 13.2 Å². The molecule has 0 bridgehead atoms. The van der Waals surface area contributed by atoms with Crippen LogP contribution in [0.2, 0.25) is 5.02 Å². The van der Waals surface area contributed by atoms with Crippen LogP contribution in [-0.2, 0) is 14.8 Å². The molecular formula is C23H23ClN2O3S. The molecule has 0 saturated carbocycles. The first-order valence-corrected chi connectivity index (χ1v) is 11.2. The van der Waals surface area contributed by atoms with Gasteiger partial charge < -0.3 is 5.32 Å². The monoisotopic (exact) mass is 442 g/mol. The Labute approximate surface area is 182 Å². The van der Waals surface area contributed by atoms with Crippen molar-refractivity contribution in [3.63, 3.8) is 0 Å². The summed E-state index contributed by atoms with van der Waals surface area (Å²) in [6, 6.07) is 18.7. The molecule has 0 aliphatic carbocycles. The van der Waals surface area contributed by atoms with Gasteiger partial charge in [0.15, 0.2) is 0 Å². The van der Waals surface area contributed by atoms with E-state index in [1.807, 2.05) is 26.0 Å². The van der Waals surface area contributed by atoms with E-state index in [9.17, 15) is 13.2 Å². The van der Waals surface area contributed by atoms with Crippen LogP contribution in [-0.4, -0.2) is 20.9 Å². The summed E-state index contributed by atoms with van der Waals surface area (Å²) in [6.07, 6.45) is 0. The smallest absolute Gasteiger partial charge is 0.264 e. The second-order valence-electron chi connectivity index (χ2n) is 7.17. The molecule has 0 spiro atoms. The van der Waals surface area contributed by atoms with Crippen molar-refractivity contribution in [1.82, 2.24) is 0 Å². The number of hydrogen-bond donors (Lipinski definition) is 1. The standard InChI is InChI=1S/C23H23ClN2O3S/c1-16-4-9-20(10-5-16)25-23(27)15-26(22-13-8-19(24)14-18(22)3)30(28,29)21-11-6-17(2)7-12-21/h4-14H,15H2,1-3H3,(H,25,27). The van der Waals surface area contributed by atoms with Crippen LogP contribution in [0.4, 0.5) is 11.4 Å². The zero-order chi connectivity index (χ0) is 21.9. The number of carbonyl (C=O) groups excluding carboxylic acids is 1. The molecule has 0 fully saturated rings. The number of halogens is 1. The van der Waals surface area contributed by atoms with Crippen LogP contribution in [0.15, 0.2) is 71.6 Å². The van der Waals surface area contributed by atoms with Crippen LogP contribution in [0.1, 0.15) is 16.7 Å². The molecule has 3 aromatic carbocycles. The first-order valence-electron chi connectivity index (χ1n) is 9.39. The third-order valence-corrected chi connectivity index (χ3v) is 6.67. The molecule has 1 amide bonds. The fourth-order valence-electron chi connectivity index (χ4n) is 3.00. The minimum Gasteiger partial charge on any atom is -0.325 e. The van der Waals surface area contributed by atoms with Gasteiger partial charge in [0, 0.05) is 10.7 Å². The zero-order valence-electron chi connectivity index (χ0n) is 17.0. The molecule has 0 saturated heterocycles. The number of rotatable bonds is 6. The molecule has 0 heterocycles. The number of amides is 1. The largest absolute Gasteiger partial charge is 0.325 e. The van der Waals surface area contributed by atoms with Gasteiger partial charge in [-0.1, -0.05) is 47.0 Å². The maximum Gasteiger partial charge on any atom is 0.264 e. The van der Waals surface area contributed by atoms with E-state index in [1.54, 1.807) is 61.5 Å². The number of hydrogen-bond acceptors (Lipinski definition) is 3. The minimum absolute atomic E-state index is 0.116. The molecule has 0 aromatic heterocycles. The molecule has 0 atom stereocenters. The maximum atomic E-state index is 13.4. The number of nitrogens with zero attached hydrogens (tertiary/aromatic N) is 1. The fourth-order valence-corrected chi connectivity index (χ4v) is 4.72. The molecule has 7 heteroatoms. The Balaban J connectivity index is 1.97. The number of carbonyl (C=O) groups is 1. The first kappa shape index (κ1) is 21.9. The van der Waals surface area contributed by atoms with E-state index in [0.29, 0.717) is 22.0 Å². The van der Waals surface area contributed by atoms with Crippen molar-refractivity contribution in [3.8, 4) is 0 Å². The fraction of sp³-hybridized carbons (Fsp3) is 0.174. The Hall–Kier alpha value is -2.83. The highest BCUT2D eigenvalue weighted by Gasteiger charge is 2.28. The summed E-state index contributed by atoms with van der Waals surface area (Å²) in [4.78, 5) is 12.9. The van der Waals surface area contributed by atoms with Gasteiger partial charge in [0.1, 0.15) is 6.54 Å². The molecule has 0 unspecified atom stereocenters. The third-order valence-electron chi connectivity index (χ3n) is 4.66. The Morgan fingerprint density at radius 3 is 2.03 bits per heavy atom. The Bertz CT molecular complexity index is 1160. The summed E-state index contributed by atoms with van der Waals surface area (Å²) < 4.78 is 28.0. The van der Waals surface area contributed by atoms with Crippen molar-refractivity contribution in [2.75, 3.05) is 16.2 Å². The second-order valence-corrected chi connectivity index (χ2v) is 9.47. The molecule has 5 nitrogen and oxygen atoms in total. The highest BCUT2D eigenvalue weighted by molar-refractivity contribution is 7.92. The van der Waals surface area contributed by atoms with Crippen molar-refractivity contribution >= 4 is 38.9 Å². The van der Waals surface area contributed by atoms with E-state index in [4.69, 9.17) is 11.6 Å². The maximum absolute atomic E-state index is 13.4. The lowest BCUT2D eigenvalue weighted by atomic mass is 10.2. The van der Waals surface area contributed by atoms with Crippen molar-refractivity contribution in [2.24, 2.45) is 0 Å².